The van der Waals surface area contributed by atoms with Crippen LogP contribution in [0.5, 0.6) is 11.5 Å². The number of hydrogen-bond donors (Lipinski definition) is 0. The molecule has 2 aromatic heterocycles. The Hall–Kier alpha value is -2.41. The molecule has 0 bridgehead atoms. The molecule has 7 heteroatoms. The van der Waals surface area contributed by atoms with Crippen LogP contribution in [0.4, 0.5) is 0 Å². The van der Waals surface area contributed by atoms with E-state index in [9.17, 15) is 0 Å². The summed E-state index contributed by atoms with van der Waals surface area (Å²) in [6, 6.07) is 7.63. The van der Waals surface area contributed by atoms with Crippen LogP contribution < -0.4 is 9.47 Å². The van der Waals surface area contributed by atoms with Gasteiger partial charge in [-0.05, 0) is 12.1 Å². The summed E-state index contributed by atoms with van der Waals surface area (Å²) in [5.41, 5.74) is 0.754. The second kappa shape index (κ2) is 6.24. The lowest BCUT2D eigenvalue weighted by Crippen LogP contribution is -2.31. The van der Waals surface area contributed by atoms with Crippen LogP contribution in [0, 0.1) is 0 Å². The Morgan fingerprint density at radius 3 is 2.83 bits per heavy atom. The van der Waals surface area contributed by atoms with Gasteiger partial charge in [-0.15, -0.1) is 11.3 Å². The lowest BCUT2D eigenvalue weighted by Gasteiger charge is -2.25. The fraction of sp³-hybridized carbons (Fsp3) is 0.353. The van der Waals surface area contributed by atoms with E-state index in [4.69, 9.17) is 14.0 Å². The standard InChI is InChI=1S/C17H17N3O3S/c1-10(2)17-18-12(9-24-17)16-19-15(23-20-16)7-11-8-21-13-5-3-4-6-14(13)22-11/h3-6,9-11H,7-8H2,1-2H3. The van der Waals surface area contributed by atoms with Crippen molar-refractivity contribution in [2.24, 2.45) is 0 Å². The molecule has 124 valence electrons. The zero-order chi connectivity index (χ0) is 16.5. The fourth-order valence-corrected chi connectivity index (χ4v) is 3.27. The van der Waals surface area contributed by atoms with Crippen molar-refractivity contribution in [1.82, 2.24) is 15.1 Å². The molecule has 0 fully saturated rings. The molecule has 1 atom stereocenters. The number of nitrogens with zero attached hydrogens (tertiary/aromatic N) is 3. The molecular formula is C17H17N3O3S. The van der Waals surface area contributed by atoms with Gasteiger partial charge >= 0.3 is 0 Å². The molecule has 3 heterocycles. The quantitative estimate of drug-likeness (QED) is 0.719. The number of hydrogen-bond acceptors (Lipinski definition) is 7. The molecule has 3 aromatic rings. The molecule has 0 saturated heterocycles. The van der Waals surface area contributed by atoms with E-state index >= 15 is 0 Å². The summed E-state index contributed by atoms with van der Waals surface area (Å²) in [6.07, 6.45) is 0.359. The molecule has 1 aliphatic rings. The van der Waals surface area contributed by atoms with Crippen LogP contribution in [-0.2, 0) is 6.42 Å². The van der Waals surface area contributed by atoms with E-state index in [1.807, 2.05) is 29.6 Å². The summed E-state index contributed by atoms with van der Waals surface area (Å²) >= 11 is 1.61. The van der Waals surface area contributed by atoms with E-state index in [-0.39, 0.29) is 6.10 Å². The summed E-state index contributed by atoms with van der Waals surface area (Å²) in [5.74, 6) is 2.95. The van der Waals surface area contributed by atoms with Crippen molar-refractivity contribution in [2.45, 2.75) is 32.3 Å². The van der Waals surface area contributed by atoms with Gasteiger partial charge in [-0.1, -0.05) is 31.1 Å². The molecular weight excluding hydrogens is 326 g/mol. The zero-order valence-electron chi connectivity index (χ0n) is 13.4. The Kier molecular flexibility index (Phi) is 3.93. The Bertz CT molecular complexity index is 843. The first-order valence-electron chi connectivity index (χ1n) is 7.86. The number of rotatable bonds is 4. The maximum Gasteiger partial charge on any atom is 0.230 e. The highest BCUT2D eigenvalue weighted by atomic mass is 32.1. The monoisotopic (exact) mass is 343 g/mol. The van der Waals surface area contributed by atoms with E-state index in [2.05, 4.69) is 29.0 Å². The smallest absolute Gasteiger partial charge is 0.230 e. The van der Waals surface area contributed by atoms with Gasteiger partial charge in [0, 0.05) is 11.3 Å². The SMILES string of the molecule is CC(C)c1nc(-c2noc(CC3COc4ccccc4O3)n2)cs1. The van der Waals surface area contributed by atoms with Gasteiger partial charge in [0.05, 0.1) is 11.4 Å². The molecule has 0 saturated carbocycles. The molecule has 0 N–H and O–H groups in total. The molecule has 1 unspecified atom stereocenters. The first-order valence-corrected chi connectivity index (χ1v) is 8.74. The van der Waals surface area contributed by atoms with Crippen molar-refractivity contribution >= 4 is 11.3 Å². The molecule has 0 aliphatic carbocycles. The zero-order valence-corrected chi connectivity index (χ0v) is 14.2. The first kappa shape index (κ1) is 15.1. The molecule has 0 radical (unpaired) electrons. The van der Waals surface area contributed by atoms with E-state index in [0.29, 0.717) is 30.7 Å². The summed E-state index contributed by atoms with van der Waals surface area (Å²) in [4.78, 5) is 8.98. The normalized spacial score (nSPS) is 16.5. The molecule has 24 heavy (non-hydrogen) atoms. The third-order valence-electron chi connectivity index (χ3n) is 3.68. The van der Waals surface area contributed by atoms with Crippen LogP contribution in [-0.4, -0.2) is 27.8 Å². The van der Waals surface area contributed by atoms with E-state index in [1.165, 1.54) is 0 Å². The minimum absolute atomic E-state index is 0.144. The van der Waals surface area contributed by atoms with Gasteiger partial charge in [-0.25, -0.2) is 4.98 Å². The van der Waals surface area contributed by atoms with E-state index in [0.717, 1.165) is 22.2 Å². The average Bonchev–Trinajstić information content (AvgIpc) is 3.24. The number of para-hydroxylation sites is 2. The second-order valence-corrected chi connectivity index (χ2v) is 6.83. The Morgan fingerprint density at radius 2 is 2.04 bits per heavy atom. The lowest BCUT2D eigenvalue weighted by atomic mass is 10.2. The second-order valence-electron chi connectivity index (χ2n) is 5.94. The highest BCUT2D eigenvalue weighted by Crippen LogP contribution is 2.31. The number of ether oxygens (including phenoxy) is 2. The van der Waals surface area contributed by atoms with E-state index in [1.54, 1.807) is 11.3 Å². The van der Waals surface area contributed by atoms with Gasteiger partial charge in [0.2, 0.25) is 11.7 Å². The molecule has 0 spiro atoms. The average molecular weight is 343 g/mol. The van der Waals surface area contributed by atoms with Crippen molar-refractivity contribution in [3.8, 4) is 23.0 Å². The molecule has 0 amide bonds. The van der Waals surface area contributed by atoms with Crippen molar-refractivity contribution in [3.05, 3.63) is 40.5 Å². The number of fused-ring (bicyclic) bond motifs is 1. The fourth-order valence-electron chi connectivity index (χ4n) is 2.46. The Balaban J connectivity index is 1.46. The number of thiazole rings is 1. The third kappa shape index (κ3) is 2.99. The first-order chi connectivity index (χ1) is 11.7. The van der Waals surface area contributed by atoms with Crippen molar-refractivity contribution in [1.29, 1.82) is 0 Å². The summed E-state index contributed by atoms with van der Waals surface area (Å²) in [5, 5.41) is 7.06. The predicted octanol–water partition coefficient (Wildman–Crippen LogP) is 3.70. The molecule has 1 aliphatic heterocycles. The number of aromatic nitrogens is 3. The summed E-state index contributed by atoms with van der Waals surface area (Å²) in [7, 11) is 0. The highest BCUT2D eigenvalue weighted by Gasteiger charge is 2.24. The maximum absolute atomic E-state index is 5.92. The van der Waals surface area contributed by atoms with Crippen molar-refractivity contribution in [3.63, 3.8) is 0 Å². The van der Waals surface area contributed by atoms with Gasteiger partial charge in [0.25, 0.3) is 0 Å². The minimum Gasteiger partial charge on any atom is -0.486 e. The predicted molar refractivity (Wildman–Crippen MR) is 89.6 cm³/mol. The Labute approximate surface area is 143 Å². The highest BCUT2D eigenvalue weighted by molar-refractivity contribution is 7.10. The van der Waals surface area contributed by atoms with Gasteiger partial charge in [0.1, 0.15) is 18.4 Å². The summed E-state index contributed by atoms with van der Waals surface area (Å²) < 4.78 is 17.0. The van der Waals surface area contributed by atoms with Crippen LogP contribution in [0.25, 0.3) is 11.5 Å². The minimum atomic E-state index is -0.144. The van der Waals surface area contributed by atoms with Crippen LogP contribution in [0.2, 0.25) is 0 Å². The topological polar surface area (TPSA) is 70.3 Å². The molecule has 6 nitrogen and oxygen atoms in total. The molecule has 4 rings (SSSR count). The van der Waals surface area contributed by atoms with Crippen LogP contribution >= 0.6 is 11.3 Å². The van der Waals surface area contributed by atoms with Gasteiger partial charge in [-0.2, -0.15) is 4.98 Å². The van der Waals surface area contributed by atoms with Crippen LogP contribution in [0.15, 0.2) is 34.2 Å². The van der Waals surface area contributed by atoms with E-state index < -0.39 is 0 Å². The van der Waals surface area contributed by atoms with Crippen molar-refractivity contribution in [2.75, 3.05) is 6.61 Å². The van der Waals surface area contributed by atoms with Gasteiger partial charge in [-0.3, -0.25) is 0 Å². The molecule has 1 aromatic carbocycles. The van der Waals surface area contributed by atoms with Crippen LogP contribution in [0.3, 0.4) is 0 Å². The van der Waals surface area contributed by atoms with Gasteiger partial charge < -0.3 is 14.0 Å². The summed E-state index contributed by atoms with van der Waals surface area (Å²) in [6.45, 7) is 4.69. The maximum atomic E-state index is 5.92. The van der Waals surface area contributed by atoms with Gasteiger partial charge in [0.15, 0.2) is 11.5 Å². The third-order valence-corrected chi connectivity index (χ3v) is 4.83. The largest absolute Gasteiger partial charge is 0.486 e. The lowest BCUT2D eigenvalue weighted by molar-refractivity contribution is 0.0851. The van der Waals surface area contributed by atoms with Crippen molar-refractivity contribution < 1.29 is 14.0 Å². The van der Waals surface area contributed by atoms with Crippen LogP contribution in [0.1, 0.15) is 30.7 Å². The number of benzene rings is 1. The Morgan fingerprint density at radius 1 is 1.21 bits per heavy atom.